The number of amides is 4. The van der Waals surface area contributed by atoms with Gasteiger partial charge in [0, 0.05) is 97.4 Å². The minimum Gasteiger partial charge on any atom is -0.490 e. The van der Waals surface area contributed by atoms with Crippen LogP contribution in [0.2, 0.25) is 0 Å². The maximum Gasteiger partial charge on any atom is 0.255 e. The van der Waals surface area contributed by atoms with Crippen molar-refractivity contribution in [3.8, 4) is 23.0 Å². The van der Waals surface area contributed by atoms with E-state index in [9.17, 15) is 19.2 Å². The molecule has 670 valence electrons. The summed E-state index contributed by atoms with van der Waals surface area (Å²) in [6.45, 7) is 19.3. The molecule has 0 radical (unpaired) electrons. The smallest absolute Gasteiger partial charge is 0.255 e. The molecule has 0 aromatic heterocycles. The molecule has 13 aromatic rings. The molecule has 16 nitrogen and oxygen atoms in total. The molecule has 4 fully saturated rings. The Hall–Kier alpha value is -13.0. The summed E-state index contributed by atoms with van der Waals surface area (Å²) in [7, 11) is 8.65. The van der Waals surface area contributed by atoms with E-state index in [0.29, 0.717) is 46.7 Å². The van der Waals surface area contributed by atoms with Gasteiger partial charge in [-0.15, -0.1) is 0 Å². The summed E-state index contributed by atoms with van der Waals surface area (Å²) in [4.78, 5) is 59.4. The van der Waals surface area contributed by atoms with Gasteiger partial charge in [0.05, 0.1) is 0 Å². The number of carbonyl (C=O) groups excluding carboxylic acids is 4. The van der Waals surface area contributed by atoms with Crippen molar-refractivity contribution in [3.05, 3.63) is 393 Å². The molecule has 4 aliphatic rings. The molecule has 4 N–H and O–H groups in total. The van der Waals surface area contributed by atoms with Crippen LogP contribution in [0, 0.1) is 13.8 Å². The summed E-state index contributed by atoms with van der Waals surface area (Å²) in [5.74, 6) is 3.44. The van der Waals surface area contributed by atoms with Gasteiger partial charge in [-0.25, -0.2) is 0 Å². The lowest BCUT2D eigenvalue weighted by Gasteiger charge is -2.29. The third-order valence-corrected chi connectivity index (χ3v) is 24.7. The molecule has 4 heterocycles. The van der Waals surface area contributed by atoms with Gasteiger partial charge in [-0.1, -0.05) is 196 Å². The average Bonchev–Trinajstić information content (AvgIpc) is 0.843. The van der Waals surface area contributed by atoms with Gasteiger partial charge in [0.25, 0.3) is 23.6 Å². The molecule has 17 rings (SSSR count). The largest absolute Gasteiger partial charge is 0.490 e. The average molecular weight is 1740 g/mol. The van der Waals surface area contributed by atoms with Crippen molar-refractivity contribution >= 4 is 57.2 Å². The van der Waals surface area contributed by atoms with Crippen LogP contribution in [0.15, 0.2) is 309 Å². The van der Waals surface area contributed by atoms with Crippen molar-refractivity contribution in [2.75, 3.05) is 102 Å². The number of nitrogens with one attached hydrogen (secondary N) is 4. The van der Waals surface area contributed by atoms with Gasteiger partial charge in [0.15, 0.2) is 0 Å². The highest BCUT2D eigenvalue weighted by molar-refractivity contribution is 6.07. The SMILES string of the molecule is CN1CCC(Oc2ccc(Cc3ccc(NC(=O)c4ccc(C(C)(C)C)cc4)cc3)cc2)CC1.CN1CCC(Oc2ccc(Cc3ccc(NC(=O)c4ccc5ccccc5c4)cc3)cc2)CC1.Cc1ccc(C(=O)Nc2ccc(Cc3ccc(OC4CCN(C)CC4)cc3)cc2)cc1.Cc1ccc(C(=O)Nc2ccc(Cc3ccc(OC4CCN(C)CC4)cc3)cc2)cc1. The third kappa shape index (κ3) is 29.0. The van der Waals surface area contributed by atoms with Crippen molar-refractivity contribution < 1.29 is 38.1 Å². The second-order valence-electron chi connectivity index (χ2n) is 36.5. The summed E-state index contributed by atoms with van der Waals surface area (Å²) in [5, 5.41) is 14.1. The monoisotopic (exact) mass is 1730 g/mol. The molecule has 0 saturated carbocycles. The van der Waals surface area contributed by atoms with E-state index in [1.807, 2.05) is 178 Å². The highest BCUT2D eigenvalue weighted by Crippen LogP contribution is 2.30. The Morgan fingerprint density at radius 1 is 0.269 bits per heavy atom. The first-order valence-electron chi connectivity index (χ1n) is 46.1. The standard InChI is InChI=1S/C30H30N2O2.C30H36N2O2.2C27H30N2O2/c1-32-18-16-29(17-19-32)34-28-14-8-23(9-15-28)20-22-6-12-27(13-7-22)31-30(33)26-11-10-24-4-2-3-5-25(24)21-26;1-30(2,3)25-11-9-24(10-12-25)29(33)31-26-13-5-22(6-14-26)21-23-7-15-27(16-8-23)34-28-17-19-32(4)20-18-28;2*1-20-3-9-23(10-4-20)27(30)28-24-11-5-21(6-12-24)19-22-7-13-25(14-8-22)31-26-15-17-29(2)18-16-26/h2-15,21,29H,16-20H2,1H3,(H,31,33);5-16,28H,17-21H2,1-4H3,(H,31,33);2*3-14,26H,15-19H2,1-2H3,(H,28,30). The molecule has 0 unspecified atom stereocenters. The number of rotatable bonds is 24. The Balaban J connectivity index is 0.000000140. The number of anilines is 4. The van der Waals surface area contributed by atoms with Crippen LogP contribution in [0.5, 0.6) is 23.0 Å². The molecule has 16 heteroatoms. The van der Waals surface area contributed by atoms with Gasteiger partial charge in [0.2, 0.25) is 0 Å². The van der Waals surface area contributed by atoms with Crippen LogP contribution in [0.1, 0.15) is 175 Å². The molecule has 0 bridgehead atoms. The molecule has 0 atom stereocenters. The number of fused-ring (bicyclic) bond motifs is 1. The van der Waals surface area contributed by atoms with Crippen LogP contribution in [0.3, 0.4) is 0 Å². The van der Waals surface area contributed by atoms with Crippen molar-refractivity contribution in [1.82, 2.24) is 19.6 Å². The minimum atomic E-state index is -0.0984. The zero-order valence-corrected chi connectivity index (χ0v) is 77.0. The van der Waals surface area contributed by atoms with Crippen LogP contribution in [-0.4, -0.2) is 148 Å². The van der Waals surface area contributed by atoms with E-state index in [4.69, 9.17) is 18.9 Å². The van der Waals surface area contributed by atoms with Crippen molar-refractivity contribution in [1.29, 1.82) is 0 Å². The Labute approximate surface area is 769 Å². The first-order valence-corrected chi connectivity index (χ1v) is 46.1. The molecular weight excluding hydrogens is 1610 g/mol. The predicted octanol–water partition coefficient (Wildman–Crippen LogP) is 23.1. The summed E-state index contributed by atoms with van der Waals surface area (Å²) in [5.41, 5.74) is 19.2. The lowest BCUT2D eigenvalue weighted by Crippen LogP contribution is -2.35. The summed E-state index contributed by atoms with van der Waals surface area (Å²) in [6, 6.07) is 103. The third-order valence-electron chi connectivity index (χ3n) is 24.7. The van der Waals surface area contributed by atoms with E-state index in [-0.39, 0.29) is 29.0 Å². The molecule has 4 aliphatic heterocycles. The van der Waals surface area contributed by atoms with E-state index in [0.717, 1.165) is 197 Å². The number of aryl methyl sites for hydroxylation is 2. The normalized spacial score (nSPS) is 14.9. The molecular formula is C114H126N8O8. The Morgan fingerprint density at radius 3 is 0.731 bits per heavy atom. The van der Waals surface area contributed by atoms with E-state index >= 15 is 0 Å². The van der Waals surface area contributed by atoms with Gasteiger partial charge >= 0.3 is 0 Å². The number of carbonyl (C=O) groups is 4. The number of benzene rings is 13. The molecule has 4 saturated heterocycles. The molecule has 0 spiro atoms. The Kier molecular flexibility index (Phi) is 32.9. The molecule has 130 heavy (non-hydrogen) atoms. The van der Waals surface area contributed by atoms with Crippen molar-refractivity contribution in [2.45, 2.75) is 141 Å². The lowest BCUT2D eigenvalue weighted by molar-refractivity contribution is 0.101. The van der Waals surface area contributed by atoms with E-state index < -0.39 is 0 Å². The van der Waals surface area contributed by atoms with Crippen LogP contribution in [0.4, 0.5) is 22.7 Å². The predicted molar refractivity (Wildman–Crippen MR) is 531 cm³/mol. The summed E-state index contributed by atoms with van der Waals surface area (Å²) >= 11 is 0. The number of nitrogens with zero attached hydrogens (tertiary/aromatic N) is 4. The fourth-order valence-corrected chi connectivity index (χ4v) is 16.4. The van der Waals surface area contributed by atoms with Crippen LogP contribution in [0.25, 0.3) is 10.8 Å². The first-order chi connectivity index (χ1) is 63.0. The van der Waals surface area contributed by atoms with Gasteiger partial charge in [0.1, 0.15) is 47.4 Å². The Bertz CT molecular complexity index is 5570. The maximum absolute atomic E-state index is 12.7. The zero-order chi connectivity index (χ0) is 90.7. The van der Waals surface area contributed by atoms with Crippen molar-refractivity contribution in [3.63, 3.8) is 0 Å². The van der Waals surface area contributed by atoms with E-state index in [1.54, 1.807) is 0 Å². The molecule has 0 aliphatic carbocycles. The molecule has 4 amide bonds. The highest BCUT2D eigenvalue weighted by Gasteiger charge is 2.24. The number of hydrogen-bond acceptors (Lipinski definition) is 12. The zero-order valence-electron chi connectivity index (χ0n) is 77.0. The first kappa shape index (κ1) is 93.2. The van der Waals surface area contributed by atoms with Gasteiger partial charge < -0.3 is 59.8 Å². The lowest BCUT2D eigenvalue weighted by atomic mass is 9.87. The van der Waals surface area contributed by atoms with E-state index in [1.165, 1.54) is 50.1 Å². The topological polar surface area (TPSA) is 166 Å². The maximum atomic E-state index is 12.7. The van der Waals surface area contributed by atoms with Gasteiger partial charge in [-0.05, 0) is 331 Å². The Morgan fingerprint density at radius 2 is 0.485 bits per heavy atom. The van der Waals surface area contributed by atoms with Crippen LogP contribution >= 0.6 is 0 Å². The second kappa shape index (κ2) is 45.8. The van der Waals surface area contributed by atoms with Crippen LogP contribution < -0.4 is 40.2 Å². The fraction of sp³-hybridized carbons (Fsp3) is 0.298. The number of likely N-dealkylation sites (tertiary alicyclic amines) is 4. The number of piperidine rings is 4. The van der Waals surface area contributed by atoms with Gasteiger partial charge in [-0.3, -0.25) is 19.2 Å². The highest BCUT2D eigenvalue weighted by atomic mass is 16.5. The number of hydrogen-bond donors (Lipinski definition) is 4. The van der Waals surface area contributed by atoms with Crippen LogP contribution in [-0.2, 0) is 31.1 Å². The fourth-order valence-electron chi connectivity index (χ4n) is 16.4. The minimum absolute atomic E-state index is 0.0743. The quantitative estimate of drug-likeness (QED) is 0.0453. The second-order valence-corrected chi connectivity index (χ2v) is 36.5. The van der Waals surface area contributed by atoms with Crippen molar-refractivity contribution in [2.24, 2.45) is 0 Å². The number of ether oxygens (including phenoxy) is 4. The molecule has 13 aromatic carbocycles. The summed E-state index contributed by atoms with van der Waals surface area (Å²) in [6.07, 6.45) is 13.4. The van der Waals surface area contributed by atoms with Gasteiger partial charge in [-0.2, -0.15) is 0 Å². The van der Waals surface area contributed by atoms with E-state index in [2.05, 4.69) is 235 Å². The summed E-state index contributed by atoms with van der Waals surface area (Å²) < 4.78 is 24.6.